The van der Waals surface area contributed by atoms with Crippen molar-refractivity contribution in [1.29, 1.82) is 0 Å². The topological polar surface area (TPSA) is 0 Å². The fourth-order valence-corrected chi connectivity index (χ4v) is 3.01. The highest BCUT2D eigenvalue weighted by molar-refractivity contribution is 6.95. The van der Waals surface area contributed by atoms with E-state index in [1.54, 1.807) is 0 Å². The Kier molecular flexibility index (Phi) is 6.11. The lowest BCUT2D eigenvalue weighted by Crippen LogP contribution is -2.59. The maximum Gasteiger partial charge on any atom is 0.261 e. The van der Waals surface area contributed by atoms with Gasteiger partial charge in [-0.15, -0.1) is 0 Å². The van der Waals surface area contributed by atoms with Crippen molar-refractivity contribution in [1.82, 2.24) is 0 Å². The molecule has 0 aromatic heterocycles. The molecule has 0 saturated carbocycles. The van der Waals surface area contributed by atoms with Gasteiger partial charge in [0.05, 0.1) is 0 Å². The molecule has 0 N–H and O–H groups in total. The molecule has 0 heterocycles. The molecule has 0 radical (unpaired) electrons. The Morgan fingerprint density at radius 2 is 0.606 bits per heavy atom. The van der Waals surface area contributed by atoms with Crippen molar-refractivity contribution in [3.63, 3.8) is 0 Å². The van der Waals surface area contributed by atoms with Crippen molar-refractivity contribution >= 4 is 23.1 Å². The van der Waals surface area contributed by atoms with E-state index >= 15 is 0 Å². The third-order valence-electron chi connectivity index (χ3n) is 4.51. The molecular formula is C18HBF14. The molecule has 0 aliphatic carbocycles. The molecule has 0 unspecified atom stereocenters. The monoisotopic (exact) mass is 494 g/mol. The zero-order chi connectivity index (χ0) is 25.1. The first-order chi connectivity index (χ1) is 15.2. The Morgan fingerprint density at radius 1 is 0.333 bits per heavy atom. The number of hydrogen-bond donors (Lipinski definition) is 0. The molecule has 0 nitrogen and oxygen atoms in total. The summed E-state index contributed by atoms with van der Waals surface area (Å²) in [5.41, 5.74) is -6.95. The van der Waals surface area contributed by atoms with Crippen LogP contribution in [0.4, 0.5) is 61.5 Å². The van der Waals surface area contributed by atoms with Gasteiger partial charge in [0.2, 0.25) is 0 Å². The Bertz CT molecular complexity index is 1190. The van der Waals surface area contributed by atoms with Crippen molar-refractivity contribution in [2.75, 3.05) is 0 Å². The zero-order valence-electron chi connectivity index (χ0n) is 14.9. The highest BCUT2D eigenvalue weighted by Gasteiger charge is 2.43. The predicted octanol–water partition coefficient (Wildman–Crippen LogP) is 4.15. The van der Waals surface area contributed by atoms with Crippen LogP contribution in [0.2, 0.25) is 0 Å². The third-order valence-corrected chi connectivity index (χ3v) is 4.51. The van der Waals surface area contributed by atoms with E-state index in [9.17, 15) is 61.5 Å². The van der Waals surface area contributed by atoms with E-state index in [0.717, 1.165) is 0 Å². The van der Waals surface area contributed by atoms with Crippen LogP contribution in [0, 0.1) is 81.4 Å². The molecule has 0 fully saturated rings. The highest BCUT2D eigenvalue weighted by atomic mass is 19.2. The summed E-state index contributed by atoms with van der Waals surface area (Å²) in [6.45, 7) is -3.58. The smallest absolute Gasteiger partial charge is 0.204 e. The molecule has 3 aromatic rings. The van der Waals surface area contributed by atoms with E-state index in [4.69, 9.17) is 0 Å². The lowest BCUT2D eigenvalue weighted by atomic mass is 9.36. The summed E-state index contributed by atoms with van der Waals surface area (Å²) in [4.78, 5) is 0. The van der Waals surface area contributed by atoms with Gasteiger partial charge >= 0.3 is 0 Å². The van der Waals surface area contributed by atoms with Crippen molar-refractivity contribution in [3.05, 3.63) is 87.5 Å². The van der Waals surface area contributed by atoms with Gasteiger partial charge in [-0.3, -0.25) is 0 Å². The lowest BCUT2D eigenvalue weighted by Gasteiger charge is -2.20. The van der Waals surface area contributed by atoms with Gasteiger partial charge < -0.3 is 0 Å². The molecule has 0 spiro atoms. The van der Waals surface area contributed by atoms with Gasteiger partial charge in [0.1, 0.15) is 0 Å². The van der Waals surface area contributed by atoms with Crippen LogP contribution in [0.1, 0.15) is 0 Å². The SMILES string of the molecule is Fc1cc(B(c2c(F)c(F)c(F)c(F)c2F)c2c(F)c(F)c(F)c(F)c2F)c(F)c(F)c1F. The maximum atomic E-state index is 14.4. The molecule has 0 amide bonds. The Hall–Kier alpha value is -3.26. The fraction of sp³-hybridized carbons (Fsp3) is 0. The normalized spacial score (nSPS) is 11.3. The van der Waals surface area contributed by atoms with Gasteiger partial charge in [-0.25, -0.2) is 61.5 Å². The molecule has 15 heteroatoms. The minimum absolute atomic E-state index is 0.519. The van der Waals surface area contributed by atoms with Crippen molar-refractivity contribution in [2.24, 2.45) is 0 Å². The summed E-state index contributed by atoms with van der Waals surface area (Å²) >= 11 is 0. The highest BCUT2D eigenvalue weighted by Crippen LogP contribution is 2.22. The molecule has 3 rings (SSSR count). The number of benzene rings is 3. The molecular weight excluding hydrogens is 493 g/mol. The van der Waals surface area contributed by atoms with Crippen LogP contribution in [0.5, 0.6) is 0 Å². The second-order valence-corrected chi connectivity index (χ2v) is 6.29. The Morgan fingerprint density at radius 3 is 0.939 bits per heavy atom. The summed E-state index contributed by atoms with van der Waals surface area (Å²) < 4.78 is 194. The van der Waals surface area contributed by atoms with Gasteiger partial charge in [-0.2, -0.15) is 0 Å². The van der Waals surface area contributed by atoms with Crippen LogP contribution in [-0.4, -0.2) is 6.71 Å². The number of halogens is 14. The van der Waals surface area contributed by atoms with E-state index in [2.05, 4.69) is 0 Å². The first-order valence-electron chi connectivity index (χ1n) is 8.09. The summed E-state index contributed by atoms with van der Waals surface area (Å²) in [5.74, 6) is -39.3. The van der Waals surface area contributed by atoms with Gasteiger partial charge in [0.15, 0.2) is 81.4 Å². The van der Waals surface area contributed by atoms with Crippen LogP contribution in [0.3, 0.4) is 0 Å². The predicted molar refractivity (Wildman–Crippen MR) is 83.4 cm³/mol. The molecule has 33 heavy (non-hydrogen) atoms. The second kappa shape index (κ2) is 8.26. The van der Waals surface area contributed by atoms with Crippen molar-refractivity contribution in [2.45, 2.75) is 0 Å². The first-order valence-corrected chi connectivity index (χ1v) is 8.09. The lowest BCUT2D eigenvalue weighted by molar-refractivity contribution is 0.382. The van der Waals surface area contributed by atoms with E-state index < -0.39 is 111 Å². The molecule has 174 valence electrons. The van der Waals surface area contributed by atoms with Gasteiger partial charge in [-0.1, -0.05) is 0 Å². The van der Waals surface area contributed by atoms with Crippen LogP contribution < -0.4 is 16.4 Å². The average molecular weight is 494 g/mol. The van der Waals surface area contributed by atoms with Crippen LogP contribution in [0.25, 0.3) is 0 Å². The van der Waals surface area contributed by atoms with Crippen molar-refractivity contribution < 1.29 is 61.5 Å². The summed E-state index contributed by atoms with van der Waals surface area (Å²) in [6.07, 6.45) is 0. The third kappa shape index (κ3) is 3.49. The van der Waals surface area contributed by atoms with Crippen LogP contribution in [0.15, 0.2) is 6.07 Å². The number of hydrogen-bond acceptors (Lipinski definition) is 0. The molecule has 0 atom stereocenters. The number of rotatable bonds is 3. The van der Waals surface area contributed by atoms with Gasteiger partial charge in [0, 0.05) is 10.9 Å². The van der Waals surface area contributed by atoms with Gasteiger partial charge in [0.25, 0.3) is 6.71 Å². The van der Waals surface area contributed by atoms with Crippen LogP contribution in [-0.2, 0) is 0 Å². The van der Waals surface area contributed by atoms with E-state index in [1.807, 2.05) is 0 Å². The maximum absolute atomic E-state index is 14.4. The van der Waals surface area contributed by atoms with Gasteiger partial charge in [-0.05, 0) is 11.5 Å². The summed E-state index contributed by atoms with van der Waals surface area (Å²) in [7, 11) is 0. The molecule has 3 aromatic carbocycles. The molecule has 0 aliphatic rings. The first kappa shape index (κ1) is 24.4. The summed E-state index contributed by atoms with van der Waals surface area (Å²) in [6, 6.07) is -0.519. The Labute approximate surface area is 173 Å². The average Bonchev–Trinajstić information content (AvgIpc) is 2.79. The van der Waals surface area contributed by atoms with Crippen molar-refractivity contribution in [3.8, 4) is 0 Å². The zero-order valence-corrected chi connectivity index (χ0v) is 14.9. The molecule has 0 bridgehead atoms. The van der Waals surface area contributed by atoms with Crippen LogP contribution >= 0.6 is 0 Å². The standard InChI is InChI=1S/C18HBF14/c20-3-1-2(6(21)12(27)7(3)22)19(4-8(23)13(28)17(32)14(29)9(4)24)5-10(25)15(30)18(33)16(31)11(5)26/h1H. The minimum Gasteiger partial charge on any atom is -0.204 e. The van der Waals surface area contributed by atoms with E-state index in [-0.39, 0.29) is 0 Å². The Balaban J connectivity index is 2.62. The quantitative estimate of drug-likeness (QED) is 0.222. The second-order valence-electron chi connectivity index (χ2n) is 6.29. The molecule has 0 aliphatic heterocycles. The van der Waals surface area contributed by atoms with E-state index in [0.29, 0.717) is 0 Å². The van der Waals surface area contributed by atoms with E-state index in [1.165, 1.54) is 0 Å². The fourth-order valence-electron chi connectivity index (χ4n) is 3.01. The largest absolute Gasteiger partial charge is 0.261 e. The summed E-state index contributed by atoms with van der Waals surface area (Å²) in [5, 5.41) is 0. The minimum atomic E-state index is -3.58. The molecule has 0 saturated heterocycles.